The van der Waals surface area contributed by atoms with Gasteiger partial charge in [-0.2, -0.15) is 0 Å². The summed E-state index contributed by atoms with van der Waals surface area (Å²) in [5, 5.41) is 0.244. The van der Waals surface area contributed by atoms with Crippen LogP contribution in [0.25, 0.3) is 0 Å². The fourth-order valence-electron chi connectivity index (χ4n) is 5.32. The Bertz CT molecular complexity index is 525. The molecule has 0 bridgehead atoms. The minimum absolute atomic E-state index is 0.244. The molecule has 3 rings (SSSR count). The molecule has 2 heteroatoms. The molecule has 0 spiro atoms. The van der Waals surface area contributed by atoms with Gasteiger partial charge in [0.2, 0.25) is 0 Å². The molecule has 140 valence electrons. The number of unbranched alkanes of at least 4 members (excludes halogenated alkanes) is 2. The van der Waals surface area contributed by atoms with Crippen molar-refractivity contribution >= 4 is 11.6 Å². The maximum atomic E-state index is 13.7. The van der Waals surface area contributed by atoms with Crippen LogP contribution in [0.5, 0.6) is 0 Å². The lowest BCUT2D eigenvalue weighted by Crippen LogP contribution is -2.25. The highest BCUT2D eigenvalue weighted by Crippen LogP contribution is 2.44. The number of hydrogen-bond acceptors (Lipinski definition) is 0. The zero-order valence-corrected chi connectivity index (χ0v) is 16.5. The van der Waals surface area contributed by atoms with Crippen LogP contribution in [0.4, 0.5) is 4.39 Å². The Morgan fingerprint density at radius 1 is 0.920 bits per heavy atom. The summed E-state index contributed by atoms with van der Waals surface area (Å²) >= 11 is 5.82. The van der Waals surface area contributed by atoms with E-state index in [-0.39, 0.29) is 10.8 Å². The van der Waals surface area contributed by atoms with Crippen LogP contribution in [0.1, 0.15) is 95.5 Å². The number of benzene rings is 1. The molecular weight excluding hydrogens is 331 g/mol. The SMILES string of the molecule is CCCCCC1CCC(C2CCC(c3ccc(Cl)c(F)c3)CC2)CC1. The molecule has 0 aliphatic heterocycles. The van der Waals surface area contributed by atoms with Crippen LogP contribution in [0.2, 0.25) is 5.02 Å². The van der Waals surface area contributed by atoms with Crippen LogP contribution < -0.4 is 0 Å². The Morgan fingerprint density at radius 3 is 2.16 bits per heavy atom. The van der Waals surface area contributed by atoms with Crippen LogP contribution in [-0.4, -0.2) is 0 Å². The van der Waals surface area contributed by atoms with Crippen LogP contribution in [0.15, 0.2) is 18.2 Å². The predicted molar refractivity (Wildman–Crippen MR) is 106 cm³/mol. The van der Waals surface area contributed by atoms with E-state index in [1.54, 1.807) is 12.1 Å². The second-order valence-corrected chi connectivity index (χ2v) is 8.97. The molecule has 0 amide bonds. The first-order valence-corrected chi connectivity index (χ1v) is 11.0. The van der Waals surface area contributed by atoms with E-state index in [9.17, 15) is 4.39 Å². The van der Waals surface area contributed by atoms with Gasteiger partial charge in [0.25, 0.3) is 0 Å². The number of halogens is 2. The molecule has 0 heterocycles. The normalized spacial score (nSPS) is 30.4. The van der Waals surface area contributed by atoms with E-state index < -0.39 is 0 Å². The average molecular weight is 365 g/mol. The molecule has 0 radical (unpaired) electrons. The minimum atomic E-state index is -0.261. The Kier molecular flexibility index (Phi) is 7.22. The molecule has 2 aliphatic rings. The van der Waals surface area contributed by atoms with Crippen LogP contribution in [0, 0.1) is 23.6 Å². The van der Waals surface area contributed by atoms with Crippen molar-refractivity contribution in [1.29, 1.82) is 0 Å². The van der Waals surface area contributed by atoms with E-state index in [0.717, 1.165) is 23.3 Å². The van der Waals surface area contributed by atoms with Crippen LogP contribution in [-0.2, 0) is 0 Å². The first-order valence-electron chi connectivity index (χ1n) is 10.6. The van der Waals surface area contributed by atoms with Crippen LogP contribution >= 0.6 is 11.6 Å². The largest absolute Gasteiger partial charge is 0.205 e. The summed E-state index contributed by atoms with van der Waals surface area (Å²) in [6, 6.07) is 5.41. The maximum Gasteiger partial charge on any atom is 0.142 e. The molecule has 2 saturated carbocycles. The fraction of sp³-hybridized carbons (Fsp3) is 0.739. The summed E-state index contributed by atoms with van der Waals surface area (Å²) in [6.07, 6.45) is 16.6. The summed E-state index contributed by atoms with van der Waals surface area (Å²) < 4.78 is 13.7. The van der Waals surface area contributed by atoms with E-state index in [0.29, 0.717) is 5.92 Å². The summed E-state index contributed by atoms with van der Waals surface area (Å²) in [4.78, 5) is 0. The van der Waals surface area contributed by atoms with Gasteiger partial charge >= 0.3 is 0 Å². The zero-order valence-electron chi connectivity index (χ0n) is 15.8. The summed E-state index contributed by atoms with van der Waals surface area (Å²) in [6.45, 7) is 2.30. The first kappa shape index (κ1) is 19.2. The third kappa shape index (κ3) is 5.22. The third-order valence-electron chi connectivity index (χ3n) is 6.96. The monoisotopic (exact) mass is 364 g/mol. The molecule has 0 saturated heterocycles. The van der Waals surface area contributed by atoms with Gasteiger partial charge in [0.1, 0.15) is 5.82 Å². The van der Waals surface area contributed by atoms with Crippen molar-refractivity contribution in [3.8, 4) is 0 Å². The van der Waals surface area contributed by atoms with Gasteiger partial charge in [-0.3, -0.25) is 0 Å². The molecule has 0 atom stereocenters. The summed E-state index contributed by atoms with van der Waals surface area (Å²) in [7, 11) is 0. The van der Waals surface area contributed by atoms with Gasteiger partial charge in [-0.05, 0) is 79.9 Å². The lowest BCUT2D eigenvalue weighted by atomic mass is 9.68. The number of hydrogen-bond donors (Lipinski definition) is 0. The molecule has 25 heavy (non-hydrogen) atoms. The van der Waals surface area contributed by atoms with E-state index >= 15 is 0 Å². The minimum Gasteiger partial charge on any atom is -0.205 e. The molecule has 0 nitrogen and oxygen atoms in total. The molecule has 1 aromatic rings. The average Bonchev–Trinajstić information content (AvgIpc) is 2.65. The highest BCUT2D eigenvalue weighted by atomic mass is 35.5. The summed E-state index contributed by atoms with van der Waals surface area (Å²) in [5.74, 6) is 3.17. The van der Waals surface area contributed by atoms with Crippen molar-refractivity contribution in [1.82, 2.24) is 0 Å². The lowest BCUT2D eigenvalue weighted by Gasteiger charge is -2.38. The molecule has 2 fully saturated rings. The van der Waals surface area contributed by atoms with Gasteiger partial charge < -0.3 is 0 Å². The van der Waals surface area contributed by atoms with E-state index in [1.807, 2.05) is 6.07 Å². The van der Waals surface area contributed by atoms with Crippen molar-refractivity contribution in [3.05, 3.63) is 34.6 Å². The first-order chi connectivity index (χ1) is 12.2. The maximum absolute atomic E-state index is 13.7. The lowest BCUT2D eigenvalue weighted by molar-refractivity contribution is 0.155. The molecule has 0 N–H and O–H groups in total. The third-order valence-corrected chi connectivity index (χ3v) is 7.27. The smallest absolute Gasteiger partial charge is 0.142 e. The molecule has 1 aromatic carbocycles. The Balaban J connectivity index is 1.43. The summed E-state index contributed by atoms with van der Waals surface area (Å²) in [5.41, 5.74) is 1.15. The fourth-order valence-corrected chi connectivity index (χ4v) is 5.44. The topological polar surface area (TPSA) is 0 Å². The molecule has 0 aromatic heterocycles. The Morgan fingerprint density at radius 2 is 1.56 bits per heavy atom. The van der Waals surface area contributed by atoms with Crippen molar-refractivity contribution in [2.45, 2.75) is 89.9 Å². The standard InChI is InChI=1S/C23H34ClF/c1-2-3-4-5-17-6-8-18(9-7-17)19-10-12-20(13-11-19)21-14-15-22(24)23(25)16-21/h14-20H,2-13H2,1H3. The predicted octanol–water partition coefficient (Wildman–Crippen LogP) is 8.14. The highest BCUT2D eigenvalue weighted by molar-refractivity contribution is 6.30. The number of rotatable bonds is 6. The van der Waals surface area contributed by atoms with E-state index in [2.05, 4.69) is 6.92 Å². The van der Waals surface area contributed by atoms with Crippen molar-refractivity contribution in [2.24, 2.45) is 17.8 Å². The van der Waals surface area contributed by atoms with Crippen molar-refractivity contribution < 1.29 is 4.39 Å². The highest BCUT2D eigenvalue weighted by Gasteiger charge is 2.31. The van der Waals surface area contributed by atoms with Gasteiger partial charge in [-0.15, -0.1) is 0 Å². The van der Waals surface area contributed by atoms with Gasteiger partial charge in [0.15, 0.2) is 0 Å². The van der Waals surface area contributed by atoms with Crippen LogP contribution in [0.3, 0.4) is 0 Å². The Hall–Kier alpha value is -0.560. The van der Waals surface area contributed by atoms with Gasteiger partial charge in [-0.25, -0.2) is 4.39 Å². The van der Waals surface area contributed by atoms with E-state index in [1.165, 1.54) is 77.0 Å². The quantitative estimate of drug-likeness (QED) is 0.447. The zero-order chi connectivity index (χ0) is 17.6. The van der Waals surface area contributed by atoms with E-state index in [4.69, 9.17) is 11.6 Å². The molecule has 2 aliphatic carbocycles. The Labute approximate surface area is 158 Å². The second-order valence-electron chi connectivity index (χ2n) is 8.56. The van der Waals surface area contributed by atoms with Crippen molar-refractivity contribution in [2.75, 3.05) is 0 Å². The second kappa shape index (κ2) is 9.40. The van der Waals surface area contributed by atoms with Gasteiger partial charge in [-0.1, -0.05) is 63.1 Å². The van der Waals surface area contributed by atoms with Crippen molar-refractivity contribution in [3.63, 3.8) is 0 Å². The van der Waals surface area contributed by atoms with Gasteiger partial charge in [0.05, 0.1) is 5.02 Å². The van der Waals surface area contributed by atoms with Gasteiger partial charge in [0, 0.05) is 0 Å². The molecule has 0 unspecified atom stereocenters. The molecular formula is C23H34ClF.